The van der Waals surface area contributed by atoms with Gasteiger partial charge in [0.05, 0.1) is 15.6 Å². The van der Waals surface area contributed by atoms with E-state index in [1.165, 1.54) is 30.3 Å². The maximum atomic E-state index is 13.0. The van der Waals surface area contributed by atoms with Crippen molar-refractivity contribution < 1.29 is 17.6 Å². The molecule has 3 aromatic carbocycles. The second kappa shape index (κ2) is 8.18. The summed E-state index contributed by atoms with van der Waals surface area (Å²) in [5.41, 5.74) is 0.905. The number of nitrogens with one attached hydrogen (secondary N) is 2. The predicted molar refractivity (Wildman–Crippen MR) is 108 cm³/mol. The third kappa shape index (κ3) is 4.81. The maximum Gasteiger partial charge on any atom is 0.261 e. The number of sulfonamides is 1. The highest BCUT2D eigenvalue weighted by atomic mass is 35.5. The average molecular weight is 439 g/mol. The molecule has 9 heteroatoms. The van der Waals surface area contributed by atoms with Crippen molar-refractivity contribution in [2.45, 2.75) is 4.90 Å². The molecule has 0 aliphatic carbocycles. The zero-order valence-electron chi connectivity index (χ0n) is 14.1. The highest BCUT2D eigenvalue weighted by Crippen LogP contribution is 2.26. The van der Waals surface area contributed by atoms with Gasteiger partial charge in [0.25, 0.3) is 15.9 Å². The number of hydrogen-bond donors (Lipinski definition) is 2. The van der Waals surface area contributed by atoms with E-state index in [2.05, 4.69) is 10.0 Å². The molecule has 0 aliphatic heterocycles. The monoisotopic (exact) mass is 438 g/mol. The zero-order chi connectivity index (χ0) is 20.3. The van der Waals surface area contributed by atoms with E-state index < -0.39 is 21.7 Å². The van der Waals surface area contributed by atoms with Crippen molar-refractivity contribution >= 4 is 50.5 Å². The number of hydrogen-bond acceptors (Lipinski definition) is 3. The molecule has 0 saturated heterocycles. The average Bonchev–Trinajstić information content (AvgIpc) is 2.65. The fraction of sp³-hybridized carbons (Fsp3) is 0. The van der Waals surface area contributed by atoms with E-state index in [9.17, 15) is 17.6 Å². The number of carbonyl (C=O) groups excluding carboxylic acids is 1. The molecule has 2 N–H and O–H groups in total. The molecule has 0 spiro atoms. The molecule has 3 aromatic rings. The number of amides is 1. The van der Waals surface area contributed by atoms with Gasteiger partial charge in [-0.2, -0.15) is 0 Å². The molecule has 0 bridgehead atoms. The van der Waals surface area contributed by atoms with Crippen LogP contribution in [-0.4, -0.2) is 14.3 Å². The van der Waals surface area contributed by atoms with Crippen LogP contribution in [0.5, 0.6) is 0 Å². The lowest BCUT2D eigenvalue weighted by atomic mass is 10.2. The van der Waals surface area contributed by atoms with Gasteiger partial charge in [-0.15, -0.1) is 0 Å². The predicted octanol–water partition coefficient (Wildman–Crippen LogP) is 5.19. The molecular weight excluding hydrogens is 426 g/mol. The summed E-state index contributed by atoms with van der Waals surface area (Å²) in [5.74, 6) is -0.966. The topological polar surface area (TPSA) is 75.3 Å². The molecule has 0 unspecified atom stereocenters. The van der Waals surface area contributed by atoms with Crippen LogP contribution in [0.15, 0.2) is 71.6 Å². The Kier molecular flexibility index (Phi) is 5.88. The van der Waals surface area contributed by atoms with Crippen molar-refractivity contribution in [1.82, 2.24) is 0 Å². The summed E-state index contributed by atoms with van der Waals surface area (Å²) >= 11 is 11.9. The largest absolute Gasteiger partial charge is 0.321 e. The quantitative estimate of drug-likeness (QED) is 0.575. The fourth-order valence-electron chi connectivity index (χ4n) is 2.31. The minimum atomic E-state index is -3.87. The zero-order valence-corrected chi connectivity index (χ0v) is 16.4. The summed E-state index contributed by atoms with van der Waals surface area (Å²) in [6, 6.07) is 14.9. The maximum absolute atomic E-state index is 13.0. The molecule has 0 fully saturated rings. The minimum absolute atomic E-state index is 0.0775. The second-order valence-corrected chi connectivity index (χ2v) is 8.24. The first kappa shape index (κ1) is 20.1. The van der Waals surface area contributed by atoms with Crippen LogP contribution in [0.4, 0.5) is 15.8 Å². The van der Waals surface area contributed by atoms with Crippen LogP contribution in [-0.2, 0) is 10.0 Å². The van der Waals surface area contributed by atoms with E-state index >= 15 is 0 Å². The van der Waals surface area contributed by atoms with E-state index in [-0.39, 0.29) is 10.6 Å². The first-order valence-electron chi connectivity index (χ1n) is 7.89. The van der Waals surface area contributed by atoms with Crippen molar-refractivity contribution in [3.8, 4) is 0 Å². The minimum Gasteiger partial charge on any atom is -0.321 e. The van der Waals surface area contributed by atoms with Crippen molar-refractivity contribution in [3.63, 3.8) is 0 Å². The van der Waals surface area contributed by atoms with Gasteiger partial charge < -0.3 is 5.32 Å². The second-order valence-electron chi connectivity index (χ2n) is 5.72. The van der Waals surface area contributed by atoms with Crippen LogP contribution in [0.1, 0.15) is 10.4 Å². The Balaban J connectivity index is 1.73. The molecule has 0 aliphatic rings. The van der Waals surface area contributed by atoms with Crippen molar-refractivity contribution in [3.05, 3.63) is 88.2 Å². The third-order valence-corrected chi connectivity index (χ3v) is 5.66. The Morgan fingerprint density at radius 1 is 0.893 bits per heavy atom. The van der Waals surface area contributed by atoms with Gasteiger partial charge >= 0.3 is 0 Å². The van der Waals surface area contributed by atoms with Crippen molar-refractivity contribution in [1.29, 1.82) is 0 Å². The lowest BCUT2D eigenvalue weighted by molar-refractivity contribution is 0.102. The Hall–Kier alpha value is -2.61. The van der Waals surface area contributed by atoms with Gasteiger partial charge in [-0.25, -0.2) is 12.8 Å². The molecular formula is C19H13Cl2FN2O3S. The van der Waals surface area contributed by atoms with Gasteiger partial charge in [-0.3, -0.25) is 9.52 Å². The van der Waals surface area contributed by atoms with Gasteiger partial charge in [0.2, 0.25) is 0 Å². The van der Waals surface area contributed by atoms with E-state index in [1.807, 2.05) is 0 Å². The van der Waals surface area contributed by atoms with Crippen LogP contribution in [0.25, 0.3) is 0 Å². The molecule has 0 heterocycles. The van der Waals surface area contributed by atoms with Crippen molar-refractivity contribution in [2.75, 3.05) is 10.0 Å². The Morgan fingerprint density at radius 2 is 1.54 bits per heavy atom. The smallest absolute Gasteiger partial charge is 0.261 e. The molecule has 144 valence electrons. The van der Waals surface area contributed by atoms with Gasteiger partial charge in [-0.05, 0) is 66.7 Å². The van der Waals surface area contributed by atoms with Gasteiger partial charge in [0, 0.05) is 16.3 Å². The first-order chi connectivity index (χ1) is 13.2. The summed E-state index contributed by atoms with van der Waals surface area (Å²) in [6.07, 6.45) is 0. The fourth-order valence-corrected chi connectivity index (χ4v) is 3.70. The first-order valence-corrected chi connectivity index (χ1v) is 10.1. The van der Waals surface area contributed by atoms with Crippen molar-refractivity contribution in [2.24, 2.45) is 0 Å². The van der Waals surface area contributed by atoms with Crippen LogP contribution in [0.2, 0.25) is 10.0 Å². The number of anilines is 2. The molecule has 5 nitrogen and oxygen atoms in total. The summed E-state index contributed by atoms with van der Waals surface area (Å²) in [5, 5.41) is 3.39. The number of rotatable bonds is 5. The summed E-state index contributed by atoms with van der Waals surface area (Å²) in [6.45, 7) is 0. The number of benzene rings is 3. The standard InChI is InChI=1S/C19H13Cl2FN2O3S/c20-13-3-10-17(21)18(11-13)23-19(25)12-1-6-15(7-2-12)24-28(26,27)16-8-4-14(22)5-9-16/h1-11,24H,(H,23,25). The normalized spacial score (nSPS) is 11.1. The van der Waals surface area contributed by atoms with Crippen LogP contribution < -0.4 is 10.0 Å². The summed E-state index contributed by atoms with van der Waals surface area (Å²) in [7, 11) is -3.87. The molecule has 1 amide bonds. The van der Waals surface area contributed by atoms with Gasteiger partial charge in [0.15, 0.2) is 0 Å². The molecule has 3 rings (SSSR count). The number of carbonyl (C=O) groups is 1. The Morgan fingerprint density at radius 3 is 2.18 bits per heavy atom. The summed E-state index contributed by atoms with van der Waals surface area (Å²) < 4.78 is 39.9. The highest BCUT2D eigenvalue weighted by Gasteiger charge is 2.15. The van der Waals surface area contributed by atoms with Gasteiger partial charge in [0.1, 0.15) is 5.82 Å². The molecule has 0 atom stereocenters. The highest BCUT2D eigenvalue weighted by molar-refractivity contribution is 7.92. The van der Waals surface area contributed by atoms with Crippen LogP contribution >= 0.6 is 23.2 Å². The Bertz CT molecular complexity index is 1120. The lowest BCUT2D eigenvalue weighted by Gasteiger charge is -2.10. The van der Waals surface area contributed by atoms with E-state index in [1.54, 1.807) is 12.1 Å². The van der Waals surface area contributed by atoms with Gasteiger partial charge in [-0.1, -0.05) is 23.2 Å². The molecule has 0 radical (unpaired) electrons. The van der Waals surface area contributed by atoms with E-state index in [0.717, 1.165) is 24.3 Å². The molecule has 0 aromatic heterocycles. The van der Waals surface area contributed by atoms with Crippen LogP contribution in [0, 0.1) is 5.82 Å². The molecule has 0 saturated carbocycles. The summed E-state index contributed by atoms with van der Waals surface area (Å²) in [4.78, 5) is 12.3. The lowest BCUT2D eigenvalue weighted by Crippen LogP contribution is -2.14. The number of halogens is 3. The Labute approximate surface area is 171 Å². The SMILES string of the molecule is O=C(Nc1cc(Cl)ccc1Cl)c1ccc(NS(=O)(=O)c2ccc(F)cc2)cc1. The molecule has 28 heavy (non-hydrogen) atoms. The van der Waals surface area contributed by atoms with E-state index in [4.69, 9.17) is 23.2 Å². The third-order valence-electron chi connectivity index (χ3n) is 3.70. The van der Waals surface area contributed by atoms with Crippen LogP contribution in [0.3, 0.4) is 0 Å². The van der Waals surface area contributed by atoms with E-state index in [0.29, 0.717) is 21.3 Å².